The highest BCUT2D eigenvalue weighted by Gasteiger charge is 1.76. The number of rotatable bonds is 2. The average molecular weight is 98.2 g/mol. The number of hydrogen-bond acceptors (Lipinski definition) is 1. The molecule has 1 heteroatoms. The molecule has 0 saturated heterocycles. The van der Waals surface area contributed by atoms with Crippen molar-refractivity contribution >= 4 is 0 Å². The Bertz CT molecular complexity index is 57.2. The number of nitrogens with zero attached hydrogens (tertiary/aromatic N) is 1. The third kappa shape index (κ3) is 3.37. The minimum atomic E-state index is 0.838. The molecule has 0 atom stereocenters. The van der Waals surface area contributed by atoms with Crippen LogP contribution in [0.4, 0.5) is 0 Å². The van der Waals surface area contributed by atoms with Gasteiger partial charge in [-0.05, 0) is 20.0 Å². The van der Waals surface area contributed by atoms with E-state index in [1.165, 1.54) is 0 Å². The Kier molecular flexibility index (Phi) is 3.48. The van der Waals surface area contributed by atoms with Crippen LogP contribution in [0.25, 0.3) is 0 Å². The molecule has 0 aromatic carbocycles. The van der Waals surface area contributed by atoms with Gasteiger partial charge >= 0.3 is 0 Å². The molecule has 7 heavy (non-hydrogen) atoms. The molecule has 0 aliphatic heterocycles. The predicted octanol–water partition coefficient (Wildman–Crippen LogP) is 1.29. The molecule has 0 saturated carbocycles. The second kappa shape index (κ2) is 3.72. The third-order valence-electron chi connectivity index (χ3n) is 0.756. The minimum absolute atomic E-state index is 0.838. The summed E-state index contributed by atoms with van der Waals surface area (Å²) in [4.78, 5) is 2.01. The highest BCUT2D eigenvalue weighted by Crippen LogP contribution is 1.79. The van der Waals surface area contributed by atoms with Crippen LogP contribution < -0.4 is 0 Å². The molecular formula is C6H12N. The van der Waals surface area contributed by atoms with Gasteiger partial charge in [-0.25, -0.2) is 0 Å². The lowest BCUT2D eigenvalue weighted by atomic mass is 10.6. The molecule has 0 spiro atoms. The average Bonchev–Trinajstić information content (AvgIpc) is 1.68. The smallest absolute Gasteiger partial charge is 0.0169 e. The van der Waals surface area contributed by atoms with E-state index in [9.17, 15) is 0 Å². The van der Waals surface area contributed by atoms with Gasteiger partial charge in [0.15, 0.2) is 0 Å². The van der Waals surface area contributed by atoms with Crippen LogP contribution in [0, 0.1) is 6.92 Å². The van der Waals surface area contributed by atoms with Crippen molar-refractivity contribution in [2.45, 2.75) is 6.92 Å². The van der Waals surface area contributed by atoms with Crippen LogP contribution in [0.2, 0.25) is 0 Å². The standard InChI is InChI=1S/C6H12N/c1-4-6-7(3)5-2/h4,6H,2,5H2,1,3H3. The first-order chi connectivity index (χ1) is 3.31. The van der Waals surface area contributed by atoms with Gasteiger partial charge in [-0.15, -0.1) is 0 Å². The molecule has 0 aliphatic carbocycles. The van der Waals surface area contributed by atoms with Crippen molar-refractivity contribution in [3.8, 4) is 0 Å². The summed E-state index contributed by atoms with van der Waals surface area (Å²) in [6.45, 7) is 6.51. The molecule has 1 nitrogen and oxygen atoms in total. The first-order valence-electron chi connectivity index (χ1n) is 2.43. The summed E-state index contributed by atoms with van der Waals surface area (Å²) in [5.41, 5.74) is 0. The topological polar surface area (TPSA) is 3.24 Å². The maximum atomic E-state index is 3.68. The van der Waals surface area contributed by atoms with Gasteiger partial charge in [-0.1, -0.05) is 6.08 Å². The Morgan fingerprint density at radius 2 is 2.29 bits per heavy atom. The number of hydrogen-bond donors (Lipinski definition) is 0. The van der Waals surface area contributed by atoms with Crippen molar-refractivity contribution < 1.29 is 0 Å². The van der Waals surface area contributed by atoms with E-state index in [-0.39, 0.29) is 0 Å². The second-order valence-electron chi connectivity index (χ2n) is 1.46. The molecule has 0 rings (SSSR count). The largest absolute Gasteiger partial charge is 0.381 e. The molecule has 0 amide bonds. The summed E-state index contributed by atoms with van der Waals surface area (Å²) >= 11 is 0. The van der Waals surface area contributed by atoms with Crippen LogP contribution in [0.1, 0.15) is 6.92 Å². The van der Waals surface area contributed by atoms with E-state index >= 15 is 0 Å². The summed E-state index contributed by atoms with van der Waals surface area (Å²) in [5.74, 6) is 0. The van der Waals surface area contributed by atoms with Gasteiger partial charge in [0.1, 0.15) is 0 Å². The molecule has 0 fully saturated rings. The Morgan fingerprint density at radius 1 is 1.71 bits per heavy atom. The van der Waals surface area contributed by atoms with Gasteiger partial charge in [-0.2, -0.15) is 0 Å². The van der Waals surface area contributed by atoms with Crippen LogP contribution in [0.5, 0.6) is 0 Å². The van der Waals surface area contributed by atoms with Crippen molar-refractivity contribution in [2.75, 3.05) is 13.6 Å². The predicted molar refractivity (Wildman–Crippen MR) is 32.8 cm³/mol. The van der Waals surface area contributed by atoms with Crippen molar-refractivity contribution in [2.24, 2.45) is 0 Å². The van der Waals surface area contributed by atoms with Crippen LogP contribution >= 0.6 is 0 Å². The zero-order chi connectivity index (χ0) is 5.70. The second-order valence-corrected chi connectivity index (χ2v) is 1.46. The third-order valence-corrected chi connectivity index (χ3v) is 0.756. The Labute approximate surface area is 45.6 Å². The monoisotopic (exact) mass is 98.1 g/mol. The first-order valence-corrected chi connectivity index (χ1v) is 2.43. The van der Waals surface area contributed by atoms with Crippen molar-refractivity contribution in [3.63, 3.8) is 0 Å². The Hall–Kier alpha value is -0.460. The lowest BCUT2D eigenvalue weighted by Crippen LogP contribution is -2.07. The maximum Gasteiger partial charge on any atom is 0.0169 e. The van der Waals surface area contributed by atoms with Crippen molar-refractivity contribution in [3.05, 3.63) is 19.2 Å². The van der Waals surface area contributed by atoms with Gasteiger partial charge in [0.05, 0.1) is 0 Å². The van der Waals surface area contributed by atoms with Gasteiger partial charge in [0, 0.05) is 13.6 Å². The Morgan fingerprint density at radius 3 is 2.43 bits per heavy atom. The fourth-order valence-electron chi connectivity index (χ4n) is 0.329. The first kappa shape index (κ1) is 6.54. The van der Waals surface area contributed by atoms with Crippen molar-refractivity contribution in [1.29, 1.82) is 0 Å². The quantitative estimate of drug-likeness (QED) is 0.503. The van der Waals surface area contributed by atoms with Crippen molar-refractivity contribution in [1.82, 2.24) is 4.90 Å². The molecule has 0 aromatic heterocycles. The minimum Gasteiger partial charge on any atom is -0.381 e. The zero-order valence-electron chi connectivity index (χ0n) is 5.02. The lowest BCUT2D eigenvalue weighted by Gasteiger charge is -2.07. The maximum absolute atomic E-state index is 3.68. The summed E-state index contributed by atoms with van der Waals surface area (Å²) < 4.78 is 0. The highest BCUT2D eigenvalue weighted by molar-refractivity contribution is 4.75. The normalized spacial score (nSPS) is 10.1. The van der Waals surface area contributed by atoms with E-state index in [1.807, 2.05) is 31.1 Å². The van der Waals surface area contributed by atoms with Crippen LogP contribution in [-0.4, -0.2) is 18.5 Å². The fraction of sp³-hybridized carbons (Fsp3) is 0.500. The van der Waals surface area contributed by atoms with Gasteiger partial charge in [0.25, 0.3) is 0 Å². The summed E-state index contributed by atoms with van der Waals surface area (Å²) in [5, 5.41) is 0. The van der Waals surface area contributed by atoms with Gasteiger partial charge < -0.3 is 4.90 Å². The van der Waals surface area contributed by atoms with Crippen LogP contribution in [0.3, 0.4) is 0 Å². The van der Waals surface area contributed by atoms with E-state index < -0.39 is 0 Å². The summed E-state index contributed by atoms with van der Waals surface area (Å²) in [6, 6.07) is 0. The molecule has 1 radical (unpaired) electrons. The summed E-state index contributed by atoms with van der Waals surface area (Å²) in [7, 11) is 1.99. The van der Waals surface area contributed by atoms with Crippen LogP contribution in [0.15, 0.2) is 12.3 Å². The van der Waals surface area contributed by atoms with E-state index in [2.05, 4.69) is 6.92 Å². The van der Waals surface area contributed by atoms with E-state index in [0.29, 0.717) is 0 Å². The summed E-state index contributed by atoms with van der Waals surface area (Å²) in [6.07, 6.45) is 3.98. The molecule has 0 heterocycles. The molecule has 0 unspecified atom stereocenters. The lowest BCUT2D eigenvalue weighted by molar-refractivity contribution is 0.507. The molecule has 0 bridgehead atoms. The van der Waals surface area contributed by atoms with E-state index in [0.717, 1.165) is 6.54 Å². The van der Waals surface area contributed by atoms with E-state index in [4.69, 9.17) is 0 Å². The van der Waals surface area contributed by atoms with Gasteiger partial charge in [0.2, 0.25) is 0 Å². The highest BCUT2D eigenvalue weighted by atomic mass is 15.1. The Balaban J connectivity index is 3.16. The molecule has 0 aromatic rings. The fourth-order valence-corrected chi connectivity index (χ4v) is 0.329. The zero-order valence-corrected chi connectivity index (χ0v) is 5.02. The molecular weight excluding hydrogens is 86.1 g/mol. The van der Waals surface area contributed by atoms with Gasteiger partial charge in [-0.3, -0.25) is 0 Å². The molecule has 0 N–H and O–H groups in total. The SMILES string of the molecule is [CH2]CN(C)C=CC. The number of allylic oxidation sites excluding steroid dienone is 1. The van der Waals surface area contributed by atoms with Crippen LogP contribution in [-0.2, 0) is 0 Å². The molecule has 0 aliphatic rings. The molecule has 41 valence electrons. The van der Waals surface area contributed by atoms with E-state index in [1.54, 1.807) is 0 Å².